The van der Waals surface area contributed by atoms with E-state index in [1.165, 1.54) is 22.9 Å². The van der Waals surface area contributed by atoms with E-state index >= 15 is 0 Å². The van der Waals surface area contributed by atoms with Gasteiger partial charge in [-0.25, -0.2) is 0 Å². The van der Waals surface area contributed by atoms with Crippen LogP contribution in [0.3, 0.4) is 0 Å². The third-order valence-electron chi connectivity index (χ3n) is 3.41. The monoisotopic (exact) mass is 394 g/mol. The summed E-state index contributed by atoms with van der Waals surface area (Å²) in [6.45, 7) is 3.90. The zero-order valence-electron chi connectivity index (χ0n) is 13.7. The molecule has 7 heteroatoms. The molecule has 0 radical (unpaired) electrons. The van der Waals surface area contributed by atoms with Crippen LogP contribution in [0.15, 0.2) is 52.1 Å². The third kappa shape index (κ3) is 4.91. The average molecular weight is 395 g/mol. The van der Waals surface area contributed by atoms with Gasteiger partial charge in [-0.1, -0.05) is 64.8 Å². The van der Waals surface area contributed by atoms with E-state index in [2.05, 4.69) is 35.3 Å². The average Bonchev–Trinajstić information content (AvgIpc) is 3.05. The minimum atomic E-state index is -0.417. The molecule has 0 fully saturated rings. The number of aryl methyl sites for hydroxylation is 1. The summed E-state index contributed by atoms with van der Waals surface area (Å²) < 4.78 is 11.5. The van der Waals surface area contributed by atoms with Crippen LogP contribution in [0.2, 0.25) is 10.0 Å². The summed E-state index contributed by atoms with van der Waals surface area (Å²) >= 11 is 13.5. The molecule has 130 valence electrons. The predicted molar refractivity (Wildman–Crippen MR) is 101 cm³/mol. The van der Waals surface area contributed by atoms with E-state index in [4.69, 9.17) is 32.4 Å². The fourth-order valence-electron chi connectivity index (χ4n) is 2.20. The lowest BCUT2D eigenvalue weighted by Gasteiger charge is -2.12. The Morgan fingerprint density at radius 2 is 2.00 bits per heavy atom. The van der Waals surface area contributed by atoms with Crippen molar-refractivity contribution in [3.63, 3.8) is 0 Å². The van der Waals surface area contributed by atoms with Crippen molar-refractivity contribution >= 4 is 35.0 Å². The van der Waals surface area contributed by atoms with Crippen molar-refractivity contribution in [1.29, 1.82) is 0 Å². The number of benzene rings is 2. The molecule has 1 atom stereocenters. The van der Waals surface area contributed by atoms with Gasteiger partial charge in [0.1, 0.15) is 5.75 Å². The molecule has 3 rings (SSSR count). The molecule has 25 heavy (non-hydrogen) atoms. The Balaban J connectivity index is 1.62. The molecule has 0 spiro atoms. The van der Waals surface area contributed by atoms with Crippen LogP contribution in [-0.4, -0.2) is 10.2 Å². The standard InChI is InChI=1S/C18H16Cl2N2O2S/c1-11-4-3-5-13(8-11)10-25-18-22-21-17(24-18)12(2)23-16-7-6-14(19)9-15(16)20/h3-9,12H,10H2,1-2H3/t12-/m1/s1. The van der Waals surface area contributed by atoms with Gasteiger partial charge in [-0.05, 0) is 37.6 Å². The predicted octanol–water partition coefficient (Wildman–Crippen LogP) is 6.12. The molecule has 0 bridgehead atoms. The van der Waals surface area contributed by atoms with E-state index in [9.17, 15) is 0 Å². The van der Waals surface area contributed by atoms with Crippen LogP contribution >= 0.6 is 35.0 Å². The minimum Gasteiger partial charge on any atom is -0.479 e. The Morgan fingerprint density at radius 1 is 1.16 bits per heavy atom. The zero-order valence-corrected chi connectivity index (χ0v) is 16.0. The van der Waals surface area contributed by atoms with Gasteiger partial charge in [0.15, 0.2) is 6.10 Å². The first-order valence-electron chi connectivity index (χ1n) is 7.65. The smallest absolute Gasteiger partial charge is 0.277 e. The second kappa shape index (κ2) is 8.13. The first-order valence-corrected chi connectivity index (χ1v) is 9.39. The fraction of sp³-hybridized carbons (Fsp3) is 0.222. The van der Waals surface area contributed by atoms with Crippen LogP contribution < -0.4 is 4.74 Å². The number of halogens is 2. The highest BCUT2D eigenvalue weighted by atomic mass is 35.5. The molecular weight excluding hydrogens is 379 g/mol. The molecule has 3 aromatic rings. The highest BCUT2D eigenvalue weighted by Crippen LogP contribution is 2.32. The van der Waals surface area contributed by atoms with E-state index in [0.29, 0.717) is 26.9 Å². The lowest BCUT2D eigenvalue weighted by molar-refractivity contribution is 0.182. The first-order chi connectivity index (χ1) is 12.0. The van der Waals surface area contributed by atoms with Gasteiger partial charge in [-0.2, -0.15) is 0 Å². The maximum Gasteiger partial charge on any atom is 0.277 e. The molecule has 0 aliphatic heterocycles. The molecular formula is C18H16Cl2N2O2S. The topological polar surface area (TPSA) is 48.2 Å². The maximum atomic E-state index is 6.12. The molecule has 0 unspecified atom stereocenters. The Kier molecular flexibility index (Phi) is 5.89. The van der Waals surface area contributed by atoms with E-state index < -0.39 is 6.10 Å². The van der Waals surface area contributed by atoms with Gasteiger partial charge >= 0.3 is 0 Å². The molecule has 0 aliphatic carbocycles. The van der Waals surface area contributed by atoms with Crippen LogP contribution in [0.1, 0.15) is 30.0 Å². The summed E-state index contributed by atoms with van der Waals surface area (Å²) in [6.07, 6.45) is -0.417. The van der Waals surface area contributed by atoms with Crippen molar-refractivity contribution in [1.82, 2.24) is 10.2 Å². The summed E-state index contributed by atoms with van der Waals surface area (Å²) in [7, 11) is 0. The van der Waals surface area contributed by atoms with E-state index in [1.807, 2.05) is 13.0 Å². The third-order valence-corrected chi connectivity index (χ3v) is 4.83. The fourth-order valence-corrected chi connectivity index (χ4v) is 3.37. The van der Waals surface area contributed by atoms with Crippen LogP contribution in [-0.2, 0) is 5.75 Å². The number of nitrogens with zero attached hydrogens (tertiary/aromatic N) is 2. The van der Waals surface area contributed by atoms with Crippen LogP contribution in [0.4, 0.5) is 0 Å². The van der Waals surface area contributed by atoms with Gasteiger partial charge in [-0.15, -0.1) is 10.2 Å². The normalized spacial score (nSPS) is 12.2. The number of hydrogen-bond donors (Lipinski definition) is 0. The van der Waals surface area contributed by atoms with Crippen LogP contribution in [0, 0.1) is 6.92 Å². The van der Waals surface area contributed by atoms with Crippen molar-refractivity contribution in [2.24, 2.45) is 0 Å². The van der Waals surface area contributed by atoms with Gasteiger partial charge in [0.25, 0.3) is 11.1 Å². The number of hydrogen-bond acceptors (Lipinski definition) is 5. The quantitative estimate of drug-likeness (QED) is 0.471. The molecule has 0 saturated heterocycles. The number of thioether (sulfide) groups is 1. The van der Waals surface area contributed by atoms with Gasteiger partial charge in [0.05, 0.1) is 5.02 Å². The van der Waals surface area contributed by atoms with Crippen molar-refractivity contribution in [2.45, 2.75) is 30.9 Å². The van der Waals surface area contributed by atoms with Crippen LogP contribution in [0.25, 0.3) is 0 Å². The molecule has 0 amide bonds. The van der Waals surface area contributed by atoms with Gasteiger partial charge in [-0.3, -0.25) is 0 Å². The molecule has 0 N–H and O–H groups in total. The minimum absolute atomic E-state index is 0.401. The Bertz CT molecular complexity index is 870. The van der Waals surface area contributed by atoms with Gasteiger partial charge in [0, 0.05) is 10.8 Å². The summed E-state index contributed by atoms with van der Waals surface area (Å²) in [5.41, 5.74) is 2.44. The highest BCUT2D eigenvalue weighted by molar-refractivity contribution is 7.98. The molecule has 1 aromatic heterocycles. The summed E-state index contributed by atoms with van der Waals surface area (Å²) in [5, 5.41) is 9.62. The van der Waals surface area contributed by atoms with Crippen LogP contribution in [0.5, 0.6) is 5.75 Å². The highest BCUT2D eigenvalue weighted by Gasteiger charge is 2.17. The van der Waals surface area contributed by atoms with Crippen molar-refractivity contribution in [3.05, 3.63) is 69.5 Å². The number of rotatable bonds is 6. The molecule has 1 heterocycles. The lowest BCUT2D eigenvalue weighted by Crippen LogP contribution is -2.03. The Hall–Kier alpha value is -1.69. The van der Waals surface area contributed by atoms with Crippen molar-refractivity contribution < 1.29 is 9.15 Å². The van der Waals surface area contributed by atoms with Gasteiger partial charge in [0.2, 0.25) is 0 Å². The second-order valence-electron chi connectivity index (χ2n) is 5.52. The zero-order chi connectivity index (χ0) is 17.8. The number of ether oxygens (including phenoxy) is 1. The summed E-state index contributed by atoms with van der Waals surface area (Å²) in [5.74, 6) is 1.69. The molecule has 2 aromatic carbocycles. The molecule has 0 saturated carbocycles. The van der Waals surface area contributed by atoms with E-state index in [-0.39, 0.29) is 0 Å². The molecule has 4 nitrogen and oxygen atoms in total. The molecule has 0 aliphatic rings. The summed E-state index contributed by atoms with van der Waals surface area (Å²) in [6, 6.07) is 13.4. The van der Waals surface area contributed by atoms with E-state index in [1.54, 1.807) is 18.2 Å². The van der Waals surface area contributed by atoms with E-state index in [0.717, 1.165) is 5.75 Å². The Labute approximate surface area is 160 Å². The number of aromatic nitrogens is 2. The van der Waals surface area contributed by atoms with Gasteiger partial charge < -0.3 is 9.15 Å². The maximum absolute atomic E-state index is 6.12. The SMILES string of the molecule is Cc1cccc(CSc2nnc([C@@H](C)Oc3ccc(Cl)cc3Cl)o2)c1. The largest absolute Gasteiger partial charge is 0.479 e. The lowest BCUT2D eigenvalue weighted by atomic mass is 10.2. The first kappa shape index (κ1) is 18.1. The second-order valence-corrected chi connectivity index (χ2v) is 7.29. The van der Waals surface area contributed by atoms with Crippen molar-refractivity contribution in [3.8, 4) is 5.75 Å². The summed E-state index contributed by atoms with van der Waals surface area (Å²) in [4.78, 5) is 0. The van der Waals surface area contributed by atoms with Crippen molar-refractivity contribution in [2.75, 3.05) is 0 Å². The Morgan fingerprint density at radius 3 is 2.76 bits per heavy atom.